The van der Waals surface area contributed by atoms with Crippen LogP contribution in [0.2, 0.25) is 0 Å². The molecule has 0 bridgehead atoms. The number of nitrogens with one attached hydrogen (secondary N) is 1. The Morgan fingerprint density at radius 3 is 2.96 bits per heavy atom. The molecule has 1 N–H and O–H groups in total. The van der Waals surface area contributed by atoms with Crippen LogP contribution in [-0.4, -0.2) is 30.2 Å². The third kappa shape index (κ3) is 3.47. The molecule has 1 aliphatic rings. The first-order valence-corrected chi connectivity index (χ1v) is 8.97. The second-order valence-electron chi connectivity index (χ2n) is 6.80. The SMILES string of the molecule is CCOc1ccc(NC(=O)C2(OC)CCCC(C)C2)c2cccnc12. The Hall–Kier alpha value is -2.14. The van der Waals surface area contributed by atoms with E-state index < -0.39 is 5.60 Å². The number of fused-ring (bicyclic) bond motifs is 1. The molecule has 0 aliphatic heterocycles. The van der Waals surface area contributed by atoms with Gasteiger partial charge in [-0.3, -0.25) is 9.78 Å². The fourth-order valence-corrected chi connectivity index (χ4v) is 3.75. The van der Waals surface area contributed by atoms with E-state index in [1.165, 1.54) is 0 Å². The molecular weight excluding hydrogens is 316 g/mol. The van der Waals surface area contributed by atoms with Gasteiger partial charge in [-0.1, -0.05) is 13.3 Å². The number of anilines is 1. The highest BCUT2D eigenvalue weighted by Gasteiger charge is 2.42. The molecule has 134 valence electrons. The highest BCUT2D eigenvalue weighted by atomic mass is 16.5. The summed E-state index contributed by atoms with van der Waals surface area (Å²) in [7, 11) is 1.63. The summed E-state index contributed by atoms with van der Waals surface area (Å²) in [6, 6.07) is 7.55. The zero-order valence-corrected chi connectivity index (χ0v) is 15.2. The summed E-state index contributed by atoms with van der Waals surface area (Å²) in [6.07, 6.45) is 5.40. The van der Waals surface area contributed by atoms with Crippen molar-refractivity contribution in [3.8, 4) is 5.75 Å². The maximum absolute atomic E-state index is 13.0. The fraction of sp³-hybridized carbons (Fsp3) is 0.500. The van der Waals surface area contributed by atoms with Gasteiger partial charge in [-0.15, -0.1) is 0 Å². The minimum atomic E-state index is -0.745. The standard InChI is InChI=1S/C20H26N2O3/c1-4-25-17-10-9-16(15-8-6-12-21-18(15)17)22-19(23)20(24-3)11-5-7-14(2)13-20/h6,8-10,12,14H,4-5,7,11,13H2,1-3H3,(H,22,23). The van der Waals surface area contributed by atoms with Crippen molar-refractivity contribution in [2.45, 2.75) is 45.1 Å². The molecule has 0 radical (unpaired) electrons. The van der Waals surface area contributed by atoms with Crippen LogP contribution in [0.4, 0.5) is 5.69 Å². The van der Waals surface area contributed by atoms with Crippen LogP contribution in [0.3, 0.4) is 0 Å². The van der Waals surface area contributed by atoms with Crippen LogP contribution in [0, 0.1) is 5.92 Å². The molecule has 0 spiro atoms. The molecule has 2 atom stereocenters. The quantitative estimate of drug-likeness (QED) is 0.886. The van der Waals surface area contributed by atoms with E-state index in [4.69, 9.17) is 9.47 Å². The number of aromatic nitrogens is 1. The first-order valence-electron chi connectivity index (χ1n) is 8.97. The summed E-state index contributed by atoms with van der Waals surface area (Å²) in [4.78, 5) is 17.5. The van der Waals surface area contributed by atoms with Crippen molar-refractivity contribution in [3.63, 3.8) is 0 Å². The molecule has 1 fully saturated rings. The van der Waals surface area contributed by atoms with Gasteiger partial charge in [-0.05, 0) is 56.4 Å². The van der Waals surface area contributed by atoms with Gasteiger partial charge in [-0.25, -0.2) is 0 Å². The average Bonchev–Trinajstić information content (AvgIpc) is 2.63. The third-order valence-corrected chi connectivity index (χ3v) is 5.04. The fourth-order valence-electron chi connectivity index (χ4n) is 3.75. The molecule has 25 heavy (non-hydrogen) atoms. The molecule has 0 saturated heterocycles. The van der Waals surface area contributed by atoms with E-state index >= 15 is 0 Å². The van der Waals surface area contributed by atoms with Gasteiger partial charge in [0, 0.05) is 18.7 Å². The van der Waals surface area contributed by atoms with Crippen molar-refractivity contribution in [2.24, 2.45) is 5.92 Å². The van der Waals surface area contributed by atoms with Gasteiger partial charge in [0.05, 0.1) is 12.3 Å². The predicted octanol–water partition coefficient (Wildman–Crippen LogP) is 4.17. The first-order chi connectivity index (χ1) is 12.1. The molecule has 1 heterocycles. The molecule has 1 amide bonds. The van der Waals surface area contributed by atoms with Gasteiger partial charge in [0.1, 0.15) is 16.9 Å². The normalized spacial score (nSPS) is 23.4. The van der Waals surface area contributed by atoms with E-state index in [0.29, 0.717) is 12.5 Å². The number of hydrogen-bond acceptors (Lipinski definition) is 4. The molecule has 3 rings (SSSR count). The van der Waals surface area contributed by atoms with Crippen LogP contribution in [0.5, 0.6) is 5.75 Å². The Morgan fingerprint density at radius 2 is 2.24 bits per heavy atom. The van der Waals surface area contributed by atoms with Crippen molar-refractivity contribution < 1.29 is 14.3 Å². The largest absolute Gasteiger partial charge is 0.492 e. The summed E-state index contributed by atoms with van der Waals surface area (Å²) < 4.78 is 11.4. The number of nitrogens with zero attached hydrogens (tertiary/aromatic N) is 1. The van der Waals surface area contributed by atoms with Crippen molar-refractivity contribution in [1.82, 2.24) is 4.98 Å². The van der Waals surface area contributed by atoms with Crippen LogP contribution < -0.4 is 10.1 Å². The zero-order valence-electron chi connectivity index (χ0n) is 15.2. The maximum atomic E-state index is 13.0. The molecule has 1 aromatic carbocycles. The number of carbonyl (C=O) groups excluding carboxylic acids is 1. The number of hydrogen-bond donors (Lipinski definition) is 1. The summed E-state index contributed by atoms with van der Waals surface area (Å²) in [5.41, 5.74) is 0.752. The Bertz CT molecular complexity index is 762. The summed E-state index contributed by atoms with van der Waals surface area (Å²) >= 11 is 0. The number of ether oxygens (including phenoxy) is 2. The van der Waals surface area contributed by atoms with E-state index in [1.54, 1.807) is 13.3 Å². The number of rotatable bonds is 5. The van der Waals surface area contributed by atoms with Crippen molar-refractivity contribution in [2.75, 3.05) is 19.0 Å². The minimum absolute atomic E-state index is 0.0733. The Labute approximate surface area is 148 Å². The first kappa shape index (κ1) is 17.7. The van der Waals surface area contributed by atoms with Crippen molar-refractivity contribution in [3.05, 3.63) is 30.5 Å². The number of pyridine rings is 1. The van der Waals surface area contributed by atoms with Crippen LogP contribution in [0.25, 0.3) is 10.9 Å². The van der Waals surface area contributed by atoms with E-state index in [-0.39, 0.29) is 5.91 Å². The average molecular weight is 342 g/mol. The topological polar surface area (TPSA) is 60.5 Å². The molecule has 1 saturated carbocycles. The zero-order chi connectivity index (χ0) is 17.9. The lowest BCUT2D eigenvalue weighted by molar-refractivity contribution is -0.143. The second kappa shape index (κ2) is 7.40. The molecule has 5 nitrogen and oxygen atoms in total. The lowest BCUT2D eigenvalue weighted by atomic mass is 9.78. The van der Waals surface area contributed by atoms with E-state index in [1.807, 2.05) is 31.2 Å². The molecular formula is C20H26N2O3. The second-order valence-corrected chi connectivity index (χ2v) is 6.80. The van der Waals surface area contributed by atoms with Gasteiger partial charge < -0.3 is 14.8 Å². The van der Waals surface area contributed by atoms with E-state index in [2.05, 4.69) is 17.2 Å². The van der Waals surface area contributed by atoms with Crippen LogP contribution in [-0.2, 0) is 9.53 Å². The summed E-state index contributed by atoms with van der Waals surface area (Å²) in [5.74, 6) is 1.14. The molecule has 1 aliphatic carbocycles. The highest BCUT2D eigenvalue weighted by Crippen LogP contribution is 2.37. The van der Waals surface area contributed by atoms with Crippen LogP contribution in [0.15, 0.2) is 30.5 Å². The molecule has 2 aromatic rings. The highest BCUT2D eigenvalue weighted by molar-refractivity contribution is 6.05. The predicted molar refractivity (Wildman–Crippen MR) is 98.9 cm³/mol. The van der Waals surface area contributed by atoms with E-state index in [9.17, 15) is 4.79 Å². The number of benzene rings is 1. The third-order valence-electron chi connectivity index (χ3n) is 5.04. The number of methoxy groups -OCH3 is 1. The van der Waals surface area contributed by atoms with Crippen molar-refractivity contribution in [1.29, 1.82) is 0 Å². The number of carbonyl (C=O) groups is 1. The van der Waals surface area contributed by atoms with Gasteiger partial charge >= 0.3 is 0 Å². The maximum Gasteiger partial charge on any atom is 0.256 e. The van der Waals surface area contributed by atoms with Gasteiger partial charge in [0.25, 0.3) is 5.91 Å². The van der Waals surface area contributed by atoms with Gasteiger partial charge in [0.2, 0.25) is 0 Å². The number of amides is 1. The summed E-state index contributed by atoms with van der Waals surface area (Å²) in [5, 5.41) is 3.95. The Morgan fingerprint density at radius 1 is 1.40 bits per heavy atom. The monoisotopic (exact) mass is 342 g/mol. The Balaban J connectivity index is 1.92. The van der Waals surface area contributed by atoms with Gasteiger partial charge in [0.15, 0.2) is 0 Å². The molecule has 5 heteroatoms. The van der Waals surface area contributed by atoms with E-state index in [0.717, 1.165) is 48.0 Å². The van der Waals surface area contributed by atoms with Gasteiger partial charge in [-0.2, -0.15) is 0 Å². The van der Waals surface area contributed by atoms with Crippen molar-refractivity contribution >= 4 is 22.5 Å². The minimum Gasteiger partial charge on any atom is -0.492 e. The van der Waals surface area contributed by atoms with Crippen LogP contribution >= 0.6 is 0 Å². The summed E-state index contributed by atoms with van der Waals surface area (Å²) in [6.45, 7) is 4.69. The molecule has 2 unspecified atom stereocenters. The lowest BCUT2D eigenvalue weighted by Gasteiger charge is -2.37. The molecule has 1 aromatic heterocycles. The smallest absolute Gasteiger partial charge is 0.256 e. The lowest BCUT2D eigenvalue weighted by Crippen LogP contribution is -2.47. The van der Waals surface area contributed by atoms with Crippen LogP contribution in [0.1, 0.15) is 39.5 Å². The Kier molecular flexibility index (Phi) is 5.23.